The molecule has 0 N–H and O–H groups in total. The van der Waals surface area contributed by atoms with E-state index in [1.807, 2.05) is 0 Å². The number of fused-ring (bicyclic) bond motifs is 6. The van der Waals surface area contributed by atoms with E-state index in [2.05, 4.69) is 279 Å². The van der Waals surface area contributed by atoms with Gasteiger partial charge < -0.3 is 0 Å². The second-order valence-electron chi connectivity index (χ2n) is 19.1. The summed E-state index contributed by atoms with van der Waals surface area (Å²) in [5.41, 5.74) is 17.1. The van der Waals surface area contributed by atoms with Crippen molar-refractivity contribution in [2.24, 2.45) is 0 Å². The first-order valence-electron chi connectivity index (χ1n) is 25.0. The van der Waals surface area contributed by atoms with Crippen molar-refractivity contribution in [3.05, 3.63) is 279 Å². The molecule has 14 aromatic rings. The average molecular weight is 911 g/mol. The highest BCUT2D eigenvalue weighted by molar-refractivity contribution is 6.23. The fourth-order valence-corrected chi connectivity index (χ4v) is 11.6. The minimum absolute atomic E-state index is 1.18. The van der Waals surface area contributed by atoms with E-state index in [0.29, 0.717) is 0 Å². The molecule has 0 bridgehead atoms. The van der Waals surface area contributed by atoms with Crippen LogP contribution in [0.15, 0.2) is 279 Å². The van der Waals surface area contributed by atoms with Crippen LogP contribution in [0.4, 0.5) is 0 Å². The summed E-state index contributed by atoms with van der Waals surface area (Å²) < 4.78 is 0. The lowest BCUT2D eigenvalue weighted by Crippen LogP contribution is -1.93. The molecule has 72 heavy (non-hydrogen) atoms. The maximum atomic E-state index is 2.45. The van der Waals surface area contributed by atoms with Crippen molar-refractivity contribution in [2.75, 3.05) is 0 Å². The summed E-state index contributed by atoms with van der Waals surface area (Å²) in [4.78, 5) is 0. The van der Waals surface area contributed by atoms with Crippen LogP contribution in [0.25, 0.3) is 143 Å². The van der Waals surface area contributed by atoms with Gasteiger partial charge in [0, 0.05) is 0 Å². The minimum atomic E-state index is 1.18. The van der Waals surface area contributed by atoms with Crippen LogP contribution in [0.5, 0.6) is 0 Å². The van der Waals surface area contributed by atoms with Gasteiger partial charge in [0.1, 0.15) is 0 Å². The monoisotopic (exact) mass is 910 g/mol. The van der Waals surface area contributed by atoms with E-state index in [9.17, 15) is 0 Å². The van der Waals surface area contributed by atoms with E-state index in [-0.39, 0.29) is 0 Å². The highest BCUT2D eigenvalue weighted by Crippen LogP contribution is 2.48. The van der Waals surface area contributed by atoms with Crippen molar-refractivity contribution in [2.45, 2.75) is 0 Å². The van der Waals surface area contributed by atoms with Crippen LogP contribution in [0.2, 0.25) is 0 Å². The Balaban J connectivity index is 0.960. The van der Waals surface area contributed by atoms with Crippen LogP contribution in [0, 0.1) is 0 Å². The molecule has 14 rings (SSSR count). The Morgan fingerprint density at radius 3 is 0.903 bits per heavy atom. The van der Waals surface area contributed by atoms with Gasteiger partial charge in [-0.05, 0) is 173 Å². The molecule has 0 amide bonds. The number of hydrogen-bond donors (Lipinski definition) is 0. The third kappa shape index (κ3) is 7.07. The van der Waals surface area contributed by atoms with Gasteiger partial charge in [0.05, 0.1) is 0 Å². The first kappa shape index (κ1) is 41.6. The van der Waals surface area contributed by atoms with Gasteiger partial charge in [-0.2, -0.15) is 0 Å². The molecule has 0 fully saturated rings. The lowest BCUT2D eigenvalue weighted by atomic mass is 9.83. The zero-order valence-electron chi connectivity index (χ0n) is 39.6. The minimum Gasteiger partial charge on any atom is -0.0622 e. The molecule has 0 aliphatic carbocycles. The summed E-state index contributed by atoms with van der Waals surface area (Å²) in [6, 6.07) is 103. The standard InChI is InChI=1S/C72H46/c1-2-18-50(19-3-1)69-61-26-8-10-28-63(61)70(64-29-11-9-27-62(64)69)51-36-32-49(33-37-51)58-40-41-67-68(46-58)72(60-25-15-23-55(45-60)57-39-35-48-17-5-7-21-53(48)43-57)66-31-13-12-30-65(66)71(67)59-24-14-22-54(44-59)56-38-34-47-16-4-6-20-52(47)42-56/h1-46H. The molecule has 0 aliphatic rings. The topological polar surface area (TPSA) is 0 Å². The molecule has 0 atom stereocenters. The maximum Gasteiger partial charge on any atom is -0.00259 e. The van der Waals surface area contributed by atoms with Crippen LogP contribution >= 0.6 is 0 Å². The van der Waals surface area contributed by atoms with Crippen LogP contribution < -0.4 is 0 Å². The Hall–Kier alpha value is -9.36. The Morgan fingerprint density at radius 1 is 0.125 bits per heavy atom. The Morgan fingerprint density at radius 2 is 0.417 bits per heavy atom. The smallest absolute Gasteiger partial charge is 0.00259 e. The van der Waals surface area contributed by atoms with Crippen molar-refractivity contribution in [1.82, 2.24) is 0 Å². The lowest BCUT2D eigenvalue weighted by Gasteiger charge is -2.20. The van der Waals surface area contributed by atoms with Crippen molar-refractivity contribution in [3.63, 3.8) is 0 Å². The SMILES string of the molecule is c1ccc(-c2c3ccccc3c(-c3ccc(-c4ccc5c(-c6cccc(-c7ccc8ccccc8c7)c6)c6ccccc6c(-c6cccc(-c7ccc8ccccc8c7)c6)c5c4)cc3)c3ccccc23)cc1. The van der Waals surface area contributed by atoms with Gasteiger partial charge in [0.15, 0.2) is 0 Å². The van der Waals surface area contributed by atoms with Crippen LogP contribution in [0.3, 0.4) is 0 Å². The van der Waals surface area contributed by atoms with Gasteiger partial charge in [-0.25, -0.2) is 0 Å². The zero-order chi connectivity index (χ0) is 47.5. The van der Waals surface area contributed by atoms with Gasteiger partial charge in [-0.1, -0.05) is 249 Å². The van der Waals surface area contributed by atoms with Crippen molar-refractivity contribution in [3.8, 4) is 77.9 Å². The third-order valence-electron chi connectivity index (χ3n) is 15.0. The quantitative estimate of drug-likeness (QED) is 0.140. The molecule has 334 valence electrons. The Labute approximate surface area is 419 Å². The zero-order valence-corrected chi connectivity index (χ0v) is 39.6. The van der Waals surface area contributed by atoms with Crippen molar-refractivity contribution in [1.29, 1.82) is 0 Å². The fourth-order valence-electron chi connectivity index (χ4n) is 11.6. The largest absolute Gasteiger partial charge is 0.0622 e. The van der Waals surface area contributed by atoms with Crippen LogP contribution in [0.1, 0.15) is 0 Å². The first-order valence-corrected chi connectivity index (χ1v) is 25.0. The second-order valence-corrected chi connectivity index (χ2v) is 19.1. The third-order valence-corrected chi connectivity index (χ3v) is 15.0. The first-order chi connectivity index (χ1) is 35.7. The van der Waals surface area contributed by atoms with E-state index in [0.717, 1.165) is 0 Å². The summed E-state index contributed by atoms with van der Waals surface area (Å²) >= 11 is 0. The summed E-state index contributed by atoms with van der Waals surface area (Å²) in [5, 5.41) is 15.0. The van der Waals surface area contributed by atoms with Gasteiger partial charge >= 0.3 is 0 Å². The molecule has 0 heteroatoms. The summed E-state index contributed by atoms with van der Waals surface area (Å²) in [6.07, 6.45) is 0. The molecule has 0 nitrogen and oxygen atoms in total. The average Bonchev–Trinajstić information content (AvgIpc) is 3.45. The molecule has 0 unspecified atom stereocenters. The molecule has 0 spiro atoms. The van der Waals surface area contributed by atoms with Crippen molar-refractivity contribution >= 4 is 64.6 Å². The van der Waals surface area contributed by atoms with E-state index in [1.54, 1.807) is 0 Å². The maximum absolute atomic E-state index is 2.45. The Bertz CT molecular complexity index is 4370. The van der Waals surface area contributed by atoms with Crippen LogP contribution in [-0.4, -0.2) is 0 Å². The van der Waals surface area contributed by atoms with Gasteiger partial charge in [0.25, 0.3) is 0 Å². The van der Waals surface area contributed by atoms with Gasteiger partial charge in [-0.15, -0.1) is 0 Å². The number of rotatable bonds is 7. The fraction of sp³-hybridized carbons (Fsp3) is 0. The van der Waals surface area contributed by atoms with Gasteiger partial charge in [-0.3, -0.25) is 0 Å². The molecule has 0 aromatic heterocycles. The normalized spacial score (nSPS) is 11.6. The number of hydrogen-bond acceptors (Lipinski definition) is 0. The van der Waals surface area contributed by atoms with Crippen molar-refractivity contribution < 1.29 is 0 Å². The molecule has 0 saturated carbocycles. The predicted molar refractivity (Wildman–Crippen MR) is 310 cm³/mol. The Kier molecular flexibility index (Phi) is 9.96. The number of benzene rings is 14. The summed E-state index contributed by atoms with van der Waals surface area (Å²) in [7, 11) is 0. The molecular weight excluding hydrogens is 865 g/mol. The van der Waals surface area contributed by atoms with E-state index >= 15 is 0 Å². The molecule has 0 aliphatic heterocycles. The second kappa shape index (κ2) is 17.2. The highest BCUT2D eigenvalue weighted by atomic mass is 14.2. The summed E-state index contributed by atoms with van der Waals surface area (Å²) in [6.45, 7) is 0. The van der Waals surface area contributed by atoms with E-state index in [4.69, 9.17) is 0 Å². The molecule has 0 saturated heterocycles. The molecular formula is C72H46. The predicted octanol–water partition coefficient (Wildman–Crippen LogP) is 20.3. The van der Waals surface area contributed by atoms with Gasteiger partial charge in [0.2, 0.25) is 0 Å². The van der Waals surface area contributed by atoms with E-state index in [1.165, 1.54) is 143 Å². The lowest BCUT2D eigenvalue weighted by molar-refractivity contribution is 1.61. The molecule has 0 heterocycles. The summed E-state index contributed by atoms with van der Waals surface area (Å²) in [5.74, 6) is 0. The molecule has 0 radical (unpaired) electrons. The highest BCUT2D eigenvalue weighted by Gasteiger charge is 2.20. The van der Waals surface area contributed by atoms with E-state index < -0.39 is 0 Å². The molecule has 14 aromatic carbocycles. The van der Waals surface area contributed by atoms with Crippen LogP contribution in [-0.2, 0) is 0 Å².